The summed E-state index contributed by atoms with van der Waals surface area (Å²) in [6, 6.07) is 5.56. The van der Waals surface area contributed by atoms with Crippen LogP contribution in [0.15, 0.2) is 29.3 Å². The van der Waals surface area contributed by atoms with Crippen molar-refractivity contribution in [1.29, 1.82) is 0 Å². The topological polar surface area (TPSA) is 43.1 Å². The van der Waals surface area contributed by atoms with Crippen LogP contribution in [0.4, 0.5) is 5.69 Å². The number of nitro groups is 1. The Balaban J connectivity index is 2.51. The van der Waals surface area contributed by atoms with Gasteiger partial charge < -0.3 is 0 Å². The van der Waals surface area contributed by atoms with E-state index in [9.17, 15) is 10.1 Å². The van der Waals surface area contributed by atoms with Gasteiger partial charge in [-0.2, -0.15) is 0 Å². The summed E-state index contributed by atoms with van der Waals surface area (Å²) in [5, 5.41) is 11.2. The number of hydrogen-bond acceptors (Lipinski definition) is 2. The van der Waals surface area contributed by atoms with Gasteiger partial charge >= 0.3 is 0 Å². The lowest BCUT2D eigenvalue weighted by Gasteiger charge is -2.27. The lowest BCUT2D eigenvalue weighted by atomic mass is 9.76. The zero-order valence-electron chi connectivity index (χ0n) is 12.6. The van der Waals surface area contributed by atoms with Crippen molar-refractivity contribution in [2.45, 2.75) is 58.8 Å². The quantitative estimate of drug-likeness (QED) is 0.432. The standard InChI is InChI=1S/C17H23NO2/c1-4-13(5-2)12(3)14-8-6-10-16-15(14)9-7-11-17(16)18(19)20/h7,9,11,14H,4-6,8,10H2,1-3H3. The molecule has 108 valence electrons. The molecule has 0 aliphatic heterocycles. The molecule has 1 aromatic carbocycles. The van der Waals surface area contributed by atoms with Gasteiger partial charge in [0.2, 0.25) is 0 Å². The molecule has 0 fully saturated rings. The molecule has 0 radical (unpaired) electrons. The molecule has 0 saturated heterocycles. The molecule has 20 heavy (non-hydrogen) atoms. The van der Waals surface area contributed by atoms with Crippen molar-refractivity contribution in [2.24, 2.45) is 0 Å². The van der Waals surface area contributed by atoms with Crippen molar-refractivity contribution >= 4 is 5.69 Å². The normalized spacial score (nSPS) is 17.4. The van der Waals surface area contributed by atoms with Crippen molar-refractivity contribution in [1.82, 2.24) is 0 Å². The molecule has 3 nitrogen and oxygen atoms in total. The maximum Gasteiger partial charge on any atom is 0.272 e. The van der Waals surface area contributed by atoms with Crippen LogP contribution in [0, 0.1) is 10.1 Å². The largest absolute Gasteiger partial charge is 0.272 e. The zero-order chi connectivity index (χ0) is 14.7. The second-order valence-electron chi connectivity index (χ2n) is 5.54. The van der Waals surface area contributed by atoms with E-state index in [1.165, 1.54) is 16.7 Å². The first kappa shape index (κ1) is 14.8. The molecule has 3 heteroatoms. The highest BCUT2D eigenvalue weighted by Crippen LogP contribution is 2.41. The fourth-order valence-corrected chi connectivity index (χ4v) is 3.50. The van der Waals surface area contributed by atoms with E-state index in [0.29, 0.717) is 11.6 Å². The van der Waals surface area contributed by atoms with Crippen molar-refractivity contribution in [3.63, 3.8) is 0 Å². The number of fused-ring (bicyclic) bond motifs is 1. The summed E-state index contributed by atoms with van der Waals surface area (Å²) in [5.41, 5.74) is 5.36. The van der Waals surface area contributed by atoms with Gasteiger partial charge in [0.25, 0.3) is 5.69 Å². The Morgan fingerprint density at radius 1 is 1.35 bits per heavy atom. The van der Waals surface area contributed by atoms with Gasteiger partial charge in [0.05, 0.1) is 4.92 Å². The number of nitrogens with zero attached hydrogens (tertiary/aromatic N) is 1. The third-order valence-electron chi connectivity index (χ3n) is 4.61. The zero-order valence-corrected chi connectivity index (χ0v) is 12.6. The Morgan fingerprint density at radius 3 is 2.65 bits per heavy atom. The summed E-state index contributed by atoms with van der Waals surface area (Å²) < 4.78 is 0. The summed E-state index contributed by atoms with van der Waals surface area (Å²) in [4.78, 5) is 11.0. The number of rotatable bonds is 4. The van der Waals surface area contributed by atoms with E-state index in [2.05, 4.69) is 26.8 Å². The second-order valence-corrected chi connectivity index (χ2v) is 5.54. The minimum atomic E-state index is -0.235. The predicted molar refractivity (Wildman–Crippen MR) is 82.1 cm³/mol. The summed E-state index contributed by atoms with van der Waals surface area (Å²) in [7, 11) is 0. The van der Waals surface area contributed by atoms with Crippen LogP contribution in [-0.2, 0) is 6.42 Å². The van der Waals surface area contributed by atoms with E-state index < -0.39 is 0 Å². The SMILES string of the molecule is CCC(CC)=C(C)C1CCCc2c1cccc2[N+](=O)[O-]. The van der Waals surface area contributed by atoms with E-state index in [0.717, 1.165) is 37.7 Å². The fraction of sp³-hybridized carbons (Fsp3) is 0.529. The van der Waals surface area contributed by atoms with E-state index in [-0.39, 0.29) is 4.92 Å². The first-order valence-electron chi connectivity index (χ1n) is 7.54. The van der Waals surface area contributed by atoms with E-state index in [1.54, 1.807) is 6.07 Å². The highest BCUT2D eigenvalue weighted by atomic mass is 16.6. The molecule has 2 rings (SSSR count). The predicted octanol–water partition coefficient (Wildman–Crippen LogP) is 5.15. The Hall–Kier alpha value is -1.64. The van der Waals surface area contributed by atoms with E-state index in [4.69, 9.17) is 0 Å². The molecule has 0 bridgehead atoms. The number of allylic oxidation sites excluding steroid dienone is 2. The molecule has 1 aliphatic carbocycles. The number of hydrogen-bond donors (Lipinski definition) is 0. The molecule has 1 aliphatic rings. The van der Waals surface area contributed by atoms with Crippen LogP contribution in [0.5, 0.6) is 0 Å². The molecule has 0 spiro atoms. The highest BCUT2D eigenvalue weighted by Gasteiger charge is 2.27. The molecule has 0 amide bonds. The average Bonchev–Trinajstić information content (AvgIpc) is 2.46. The van der Waals surface area contributed by atoms with Crippen LogP contribution in [0.1, 0.15) is 63.5 Å². The molecule has 1 atom stereocenters. The Labute approximate surface area is 120 Å². The lowest BCUT2D eigenvalue weighted by Crippen LogP contribution is -2.13. The van der Waals surface area contributed by atoms with Crippen molar-refractivity contribution in [3.8, 4) is 0 Å². The molecule has 0 N–H and O–H groups in total. The summed E-state index contributed by atoms with van der Waals surface area (Å²) in [6.45, 7) is 6.60. The maximum absolute atomic E-state index is 11.2. The molecule has 0 saturated carbocycles. The second kappa shape index (κ2) is 6.21. The van der Waals surface area contributed by atoms with Crippen LogP contribution >= 0.6 is 0 Å². The van der Waals surface area contributed by atoms with Gasteiger partial charge in [-0.05, 0) is 44.6 Å². The molecule has 0 heterocycles. The van der Waals surface area contributed by atoms with Gasteiger partial charge in [-0.25, -0.2) is 0 Å². The van der Waals surface area contributed by atoms with Gasteiger partial charge in [0, 0.05) is 17.5 Å². The third kappa shape index (κ3) is 2.62. The third-order valence-corrected chi connectivity index (χ3v) is 4.61. The first-order chi connectivity index (χ1) is 9.60. The van der Waals surface area contributed by atoms with Gasteiger partial charge in [0.1, 0.15) is 0 Å². The molecule has 1 unspecified atom stereocenters. The van der Waals surface area contributed by atoms with Gasteiger partial charge in [-0.3, -0.25) is 10.1 Å². The Bertz CT molecular complexity index is 540. The highest BCUT2D eigenvalue weighted by molar-refractivity contribution is 5.50. The average molecular weight is 273 g/mol. The van der Waals surface area contributed by atoms with Gasteiger partial charge in [-0.1, -0.05) is 37.1 Å². The summed E-state index contributed by atoms with van der Waals surface area (Å²) in [6.07, 6.45) is 5.14. The van der Waals surface area contributed by atoms with Gasteiger partial charge in [-0.15, -0.1) is 0 Å². The minimum absolute atomic E-state index is 0.235. The fourth-order valence-electron chi connectivity index (χ4n) is 3.50. The Kier molecular flexibility index (Phi) is 4.58. The molecule has 1 aromatic rings. The van der Waals surface area contributed by atoms with Crippen molar-refractivity contribution < 1.29 is 4.92 Å². The summed E-state index contributed by atoms with van der Waals surface area (Å²) >= 11 is 0. The molecular weight excluding hydrogens is 250 g/mol. The van der Waals surface area contributed by atoms with Gasteiger partial charge in [0.15, 0.2) is 0 Å². The Morgan fingerprint density at radius 2 is 2.05 bits per heavy atom. The molecule has 0 aromatic heterocycles. The van der Waals surface area contributed by atoms with Crippen LogP contribution in [0.2, 0.25) is 0 Å². The first-order valence-corrected chi connectivity index (χ1v) is 7.54. The maximum atomic E-state index is 11.2. The van der Waals surface area contributed by atoms with Crippen LogP contribution in [0.3, 0.4) is 0 Å². The monoisotopic (exact) mass is 273 g/mol. The smallest absolute Gasteiger partial charge is 0.258 e. The minimum Gasteiger partial charge on any atom is -0.258 e. The number of nitro benzene ring substituents is 1. The number of benzene rings is 1. The lowest BCUT2D eigenvalue weighted by molar-refractivity contribution is -0.385. The van der Waals surface area contributed by atoms with E-state index in [1.807, 2.05) is 6.07 Å². The van der Waals surface area contributed by atoms with Crippen molar-refractivity contribution in [2.75, 3.05) is 0 Å². The van der Waals surface area contributed by atoms with Crippen LogP contribution < -0.4 is 0 Å². The van der Waals surface area contributed by atoms with E-state index >= 15 is 0 Å². The van der Waals surface area contributed by atoms with Crippen molar-refractivity contribution in [3.05, 3.63) is 50.6 Å². The molecular formula is C17H23NO2. The van der Waals surface area contributed by atoms with Crippen LogP contribution in [0.25, 0.3) is 0 Å². The summed E-state index contributed by atoms with van der Waals surface area (Å²) in [5.74, 6) is 0.369. The van der Waals surface area contributed by atoms with Crippen LogP contribution in [-0.4, -0.2) is 4.92 Å².